The summed E-state index contributed by atoms with van der Waals surface area (Å²) in [5.74, 6) is -2.22. The monoisotopic (exact) mass is 562 g/mol. The van der Waals surface area contributed by atoms with Gasteiger partial charge in [0, 0.05) is 43.3 Å². The number of amides is 3. The van der Waals surface area contributed by atoms with Crippen LogP contribution in [0.2, 0.25) is 0 Å². The van der Waals surface area contributed by atoms with Crippen molar-refractivity contribution in [2.75, 3.05) is 41.8 Å². The van der Waals surface area contributed by atoms with Gasteiger partial charge < -0.3 is 30.3 Å². The summed E-state index contributed by atoms with van der Waals surface area (Å²) in [5.41, 5.74) is 0.465. The summed E-state index contributed by atoms with van der Waals surface area (Å²) in [7, 11) is 0. The first-order chi connectivity index (χ1) is 19.8. The Balaban J connectivity index is 1.43. The predicted molar refractivity (Wildman–Crippen MR) is 159 cm³/mol. The first kappa shape index (κ1) is 29.1. The quantitative estimate of drug-likeness (QED) is 0.337. The summed E-state index contributed by atoms with van der Waals surface area (Å²) in [4.78, 5) is 45.8. The van der Waals surface area contributed by atoms with Crippen LogP contribution >= 0.6 is 0 Å². The molecule has 9 heteroatoms. The second-order valence-electron chi connectivity index (χ2n) is 11.6. The topological polar surface area (TPSA) is 111 Å². The third-order valence-corrected chi connectivity index (χ3v) is 9.17. The van der Waals surface area contributed by atoms with Gasteiger partial charge >= 0.3 is 0 Å². The Labute approximate surface area is 242 Å². The minimum Gasteiger partial charge on any atom is -0.396 e. The largest absolute Gasteiger partial charge is 0.396 e. The molecule has 3 amide bonds. The lowest BCUT2D eigenvalue weighted by Crippen LogP contribution is -2.53. The van der Waals surface area contributed by atoms with E-state index >= 15 is 0 Å². The number of unbranched alkanes of at least 4 members (excludes halogenated alkanes) is 2. The van der Waals surface area contributed by atoms with Crippen LogP contribution in [0.5, 0.6) is 0 Å². The molecule has 3 N–H and O–H groups in total. The Bertz CT molecular complexity index is 1250. The summed E-state index contributed by atoms with van der Waals surface area (Å²) in [5, 5.41) is 15.3. The van der Waals surface area contributed by atoms with Crippen LogP contribution in [0.4, 0.5) is 17.1 Å². The first-order valence-electron chi connectivity index (χ1n) is 14.9. The summed E-state index contributed by atoms with van der Waals surface area (Å²) < 4.78 is 6.69. The van der Waals surface area contributed by atoms with Crippen LogP contribution in [0, 0.1) is 11.8 Å². The Morgan fingerprint density at radius 3 is 2.27 bits per heavy atom. The Morgan fingerprint density at radius 2 is 1.61 bits per heavy atom. The molecule has 0 saturated carbocycles. The van der Waals surface area contributed by atoms with Gasteiger partial charge in [0.05, 0.1) is 17.4 Å². The normalized spacial score (nSPS) is 28.0. The molecule has 5 rings (SSSR count). The highest BCUT2D eigenvalue weighted by Gasteiger charge is 2.77. The molecule has 0 radical (unpaired) electrons. The SMILES string of the molecule is CCN(CC)c1ccc(NC(=O)C2N(CCCCCO)C(=O)[C@@H]3[C@@H](C(=O)Nc4ccccc4)[C@@]4(C)CCC23O4)cc1. The van der Waals surface area contributed by atoms with Crippen molar-refractivity contribution in [2.24, 2.45) is 11.8 Å². The summed E-state index contributed by atoms with van der Waals surface area (Å²) in [6.45, 7) is 8.32. The second kappa shape index (κ2) is 11.8. The third-order valence-electron chi connectivity index (χ3n) is 9.17. The molecule has 2 bridgehead atoms. The first-order valence-corrected chi connectivity index (χ1v) is 14.9. The van der Waals surface area contributed by atoms with Crippen LogP contribution in [0.1, 0.15) is 52.9 Å². The van der Waals surface area contributed by atoms with Crippen LogP contribution in [-0.2, 0) is 19.1 Å². The summed E-state index contributed by atoms with van der Waals surface area (Å²) >= 11 is 0. The van der Waals surface area contributed by atoms with Crippen molar-refractivity contribution in [1.29, 1.82) is 0 Å². The maximum absolute atomic E-state index is 14.1. The van der Waals surface area contributed by atoms with Gasteiger partial charge in [-0.05, 0) is 89.3 Å². The average molecular weight is 563 g/mol. The number of hydrogen-bond donors (Lipinski definition) is 3. The van der Waals surface area contributed by atoms with Crippen molar-refractivity contribution in [2.45, 2.75) is 70.1 Å². The number of likely N-dealkylation sites (tertiary alicyclic amines) is 1. The number of benzene rings is 2. The van der Waals surface area contributed by atoms with Gasteiger partial charge in [-0.2, -0.15) is 0 Å². The third kappa shape index (κ3) is 5.21. The van der Waals surface area contributed by atoms with E-state index in [2.05, 4.69) is 29.4 Å². The number of carbonyl (C=O) groups excluding carboxylic acids is 3. The number of anilines is 3. The van der Waals surface area contributed by atoms with Crippen molar-refractivity contribution < 1.29 is 24.2 Å². The number of ether oxygens (including phenoxy) is 1. The molecule has 3 aliphatic rings. The Hall–Kier alpha value is -3.43. The van der Waals surface area contributed by atoms with Gasteiger partial charge in [0.25, 0.3) is 0 Å². The molecule has 9 nitrogen and oxygen atoms in total. The lowest BCUT2D eigenvalue weighted by Gasteiger charge is -2.33. The van der Waals surface area contributed by atoms with Crippen molar-refractivity contribution in [1.82, 2.24) is 4.90 Å². The lowest BCUT2D eigenvalue weighted by molar-refractivity contribution is -0.143. The van der Waals surface area contributed by atoms with Crippen LogP contribution in [0.3, 0.4) is 0 Å². The van der Waals surface area contributed by atoms with Gasteiger partial charge in [0.1, 0.15) is 11.6 Å². The molecule has 2 aromatic rings. The molecule has 2 aromatic carbocycles. The molecule has 1 spiro atoms. The number of hydrogen-bond acceptors (Lipinski definition) is 6. The van der Waals surface area contributed by atoms with E-state index in [1.807, 2.05) is 61.5 Å². The zero-order valence-electron chi connectivity index (χ0n) is 24.3. The Morgan fingerprint density at radius 1 is 0.951 bits per heavy atom. The molecule has 0 aromatic heterocycles. The van der Waals surface area contributed by atoms with Gasteiger partial charge in [-0.3, -0.25) is 14.4 Å². The minimum atomic E-state index is -1.08. The minimum absolute atomic E-state index is 0.0805. The molecule has 3 heterocycles. The average Bonchev–Trinajstić information content (AvgIpc) is 3.53. The van der Waals surface area contributed by atoms with E-state index in [4.69, 9.17) is 4.74 Å². The fourth-order valence-corrected chi connectivity index (χ4v) is 7.23. The molecule has 0 aliphatic carbocycles. The van der Waals surface area contributed by atoms with Gasteiger partial charge in [-0.1, -0.05) is 18.2 Å². The number of nitrogens with one attached hydrogen (secondary N) is 2. The second-order valence-corrected chi connectivity index (χ2v) is 11.6. The van der Waals surface area contributed by atoms with Gasteiger partial charge in [0.15, 0.2) is 0 Å². The van der Waals surface area contributed by atoms with Crippen LogP contribution in [0.25, 0.3) is 0 Å². The highest BCUT2D eigenvalue weighted by molar-refractivity contribution is 6.05. The van der Waals surface area contributed by atoms with E-state index in [9.17, 15) is 19.5 Å². The molecule has 220 valence electrons. The number of aliphatic hydroxyl groups excluding tert-OH is 1. The molecule has 3 saturated heterocycles. The highest BCUT2D eigenvalue weighted by Crippen LogP contribution is 2.63. The molecule has 2 unspecified atom stereocenters. The smallest absolute Gasteiger partial charge is 0.250 e. The van der Waals surface area contributed by atoms with Crippen molar-refractivity contribution in [3.63, 3.8) is 0 Å². The maximum atomic E-state index is 14.1. The van der Waals surface area contributed by atoms with Crippen molar-refractivity contribution in [3.05, 3.63) is 54.6 Å². The van der Waals surface area contributed by atoms with Crippen molar-refractivity contribution in [3.8, 4) is 0 Å². The lowest BCUT2D eigenvalue weighted by atomic mass is 9.66. The number of aliphatic hydroxyl groups is 1. The molecule has 5 atom stereocenters. The number of para-hydroxylation sites is 1. The van der Waals surface area contributed by atoms with Crippen LogP contribution < -0.4 is 15.5 Å². The van der Waals surface area contributed by atoms with Gasteiger partial charge in [-0.15, -0.1) is 0 Å². The summed E-state index contributed by atoms with van der Waals surface area (Å²) in [6.07, 6.45) is 3.12. The van der Waals surface area contributed by atoms with Crippen molar-refractivity contribution >= 4 is 34.8 Å². The zero-order chi connectivity index (χ0) is 29.2. The van der Waals surface area contributed by atoms with Crippen LogP contribution in [0.15, 0.2) is 54.6 Å². The maximum Gasteiger partial charge on any atom is 0.250 e. The molecular weight excluding hydrogens is 520 g/mol. The Kier molecular flexibility index (Phi) is 8.38. The van der Waals surface area contributed by atoms with E-state index < -0.39 is 29.1 Å². The molecule has 3 fully saturated rings. The standard InChI is InChI=1S/C32H42N4O5/c1-4-35(5-2)24-16-14-23(15-17-24)34-29(39)27-32-19-18-31(3,41-32)25(28(38)33-22-12-8-6-9-13-22)26(32)30(40)36(27)20-10-7-11-21-37/h6,8-9,12-17,25-27,37H,4-5,7,10-11,18-21H2,1-3H3,(H,33,38)(H,34,39)/t25-,26-,27?,31+,32?/m0/s1. The fourth-order valence-electron chi connectivity index (χ4n) is 7.23. The van der Waals surface area contributed by atoms with Gasteiger partial charge in [-0.25, -0.2) is 0 Å². The summed E-state index contributed by atoms with van der Waals surface area (Å²) in [6, 6.07) is 16.1. The molecular formula is C32H42N4O5. The highest BCUT2D eigenvalue weighted by atomic mass is 16.5. The molecule has 3 aliphatic heterocycles. The van der Waals surface area contributed by atoms with E-state index in [1.54, 1.807) is 4.90 Å². The number of carbonyl (C=O) groups is 3. The van der Waals surface area contributed by atoms with E-state index in [0.29, 0.717) is 43.6 Å². The number of fused-ring (bicyclic) bond motifs is 1. The van der Waals surface area contributed by atoms with Crippen LogP contribution in [-0.4, -0.2) is 71.2 Å². The fraction of sp³-hybridized carbons (Fsp3) is 0.531. The van der Waals surface area contributed by atoms with E-state index in [0.717, 1.165) is 25.2 Å². The van der Waals surface area contributed by atoms with Gasteiger partial charge in [0.2, 0.25) is 17.7 Å². The number of rotatable bonds is 12. The number of nitrogens with zero attached hydrogens (tertiary/aromatic N) is 2. The van der Waals surface area contributed by atoms with E-state index in [1.165, 1.54) is 0 Å². The van der Waals surface area contributed by atoms with E-state index in [-0.39, 0.29) is 24.3 Å². The molecule has 41 heavy (non-hydrogen) atoms. The predicted octanol–water partition coefficient (Wildman–Crippen LogP) is 4.04. The zero-order valence-corrected chi connectivity index (χ0v) is 24.3.